The van der Waals surface area contributed by atoms with Crippen molar-refractivity contribution in [3.05, 3.63) is 65.2 Å². The molecule has 0 radical (unpaired) electrons. The van der Waals surface area contributed by atoms with Crippen LogP contribution in [0.3, 0.4) is 0 Å². The van der Waals surface area contributed by atoms with Gasteiger partial charge in [0, 0.05) is 25.4 Å². The van der Waals surface area contributed by atoms with Gasteiger partial charge in [-0.1, -0.05) is 18.2 Å². The van der Waals surface area contributed by atoms with Crippen LogP contribution in [0.25, 0.3) is 0 Å². The highest BCUT2D eigenvalue weighted by molar-refractivity contribution is 5.94. The number of carbonyl (C=O) groups excluding carboxylic acids is 1. The summed E-state index contributed by atoms with van der Waals surface area (Å²) in [5.74, 6) is -0.259. The van der Waals surface area contributed by atoms with Gasteiger partial charge in [-0.3, -0.25) is 4.79 Å². The zero-order valence-electron chi connectivity index (χ0n) is 17.8. The SMILES string of the molecule is O=C(CC1CCN(CCO)CC1)N1CCCC(c2ccc(F)cc2)c2ccc(F)cc21. The van der Waals surface area contributed by atoms with Crippen LogP contribution in [0.4, 0.5) is 14.5 Å². The first kappa shape index (κ1) is 21.9. The summed E-state index contributed by atoms with van der Waals surface area (Å²) >= 11 is 0. The number of likely N-dealkylation sites (tertiary alicyclic amines) is 1. The number of rotatable bonds is 5. The highest BCUT2D eigenvalue weighted by atomic mass is 19.1. The number of halogens is 2. The van der Waals surface area contributed by atoms with E-state index in [0.29, 0.717) is 31.1 Å². The van der Waals surface area contributed by atoms with E-state index in [-0.39, 0.29) is 30.1 Å². The van der Waals surface area contributed by atoms with E-state index in [1.165, 1.54) is 24.3 Å². The van der Waals surface area contributed by atoms with Gasteiger partial charge in [0.05, 0.1) is 12.3 Å². The lowest BCUT2D eigenvalue weighted by molar-refractivity contribution is -0.119. The van der Waals surface area contributed by atoms with Gasteiger partial charge < -0.3 is 14.9 Å². The monoisotopic (exact) mass is 428 g/mol. The van der Waals surface area contributed by atoms with Crippen molar-refractivity contribution in [2.75, 3.05) is 37.7 Å². The molecule has 0 aromatic heterocycles. The number of hydrogen-bond donors (Lipinski definition) is 1. The van der Waals surface area contributed by atoms with Crippen molar-refractivity contribution in [1.82, 2.24) is 4.90 Å². The van der Waals surface area contributed by atoms with Crippen LogP contribution in [-0.2, 0) is 4.79 Å². The molecule has 1 N–H and O–H groups in total. The number of piperidine rings is 1. The summed E-state index contributed by atoms with van der Waals surface area (Å²) in [7, 11) is 0. The summed E-state index contributed by atoms with van der Waals surface area (Å²) in [6.45, 7) is 3.21. The molecule has 2 heterocycles. The third kappa shape index (κ3) is 5.13. The van der Waals surface area contributed by atoms with Gasteiger partial charge in [0.25, 0.3) is 0 Å². The molecule has 2 aliphatic heterocycles. The van der Waals surface area contributed by atoms with Gasteiger partial charge in [-0.05, 0) is 80.1 Å². The molecule has 1 amide bonds. The molecule has 4 rings (SSSR count). The summed E-state index contributed by atoms with van der Waals surface area (Å²) < 4.78 is 27.6. The zero-order chi connectivity index (χ0) is 21.8. The Hall–Kier alpha value is -2.31. The Bertz CT molecular complexity index is 895. The minimum Gasteiger partial charge on any atom is -0.395 e. The Labute approximate surface area is 182 Å². The van der Waals surface area contributed by atoms with E-state index < -0.39 is 0 Å². The second kappa shape index (κ2) is 9.88. The normalized spacial score (nSPS) is 20.4. The summed E-state index contributed by atoms with van der Waals surface area (Å²) in [5.41, 5.74) is 2.56. The van der Waals surface area contributed by atoms with Gasteiger partial charge in [-0.2, -0.15) is 0 Å². The lowest BCUT2D eigenvalue weighted by Crippen LogP contribution is -2.38. The van der Waals surface area contributed by atoms with Gasteiger partial charge in [0.2, 0.25) is 5.91 Å². The molecule has 2 aromatic rings. The summed E-state index contributed by atoms with van der Waals surface area (Å²) in [6.07, 6.45) is 3.97. The van der Waals surface area contributed by atoms with Crippen molar-refractivity contribution in [2.45, 2.75) is 38.0 Å². The maximum Gasteiger partial charge on any atom is 0.227 e. The maximum absolute atomic E-state index is 14.2. The van der Waals surface area contributed by atoms with Gasteiger partial charge in [-0.15, -0.1) is 0 Å². The number of amides is 1. The smallest absolute Gasteiger partial charge is 0.227 e. The van der Waals surface area contributed by atoms with Crippen LogP contribution < -0.4 is 4.90 Å². The van der Waals surface area contributed by atoms with Crippen LogP contribution in [0.1, 0.15) is 49.1 Å². The van der Waals surface area contributed by atoms with Crippen LogP contribution in [0.2, 0.25) is 0 Å². The lowest BCUT2D eigenvalue weighted by atomic mass is 9.87. The summed E-state index contributed by atoms with van der Waals surface area (Å²) in [4.78, 5) is 17.3. The van der Waals surface area contributed by atoms with E-state index in [4.69, 9.17) is 5.11 Å². The molecule has 6 heteroatoms. The van der Waals surface area contributed by atoms with E-state index >= 15 is 0 Å². The first-order chi connectivity index (χ1) is 15.0. The molecule has 0 aliphatic carbocycles. The highest BCUT2D eigenvalue weighted by Crippen LogP contribution is 2.39. The molecule has 0 spiro atoms. The largest absolute Gasteiger partial charge is 0.395 e. The number of β-amino-alcohol motifs (C(OH)–C–C–N with tert-alkyl or cyclic N) is 1. The predicted molar refractivity (Wildman–Crippen MR) is 117 cm³/mol. The Balaban J connectivity index is 1.54. The Morgan fingerprint density at radius 2 is 1.68 bits per heavy atom. The summed E-state index contributed by atoms with van der Waals surface area (Å²) in [6, 6.07) is 11.2. The predicted octanol–water partition coefficient (Wildman–Crippen LogP) is 4.32. The number of carbonyl (C=O) groups is 1. The molecule has 1 atom stereocenters. The Kier molecular flexibility index (Phi) is 6.98. The third-order valence-electron chi connectivity index (χ3n) is 6.69. The molecule has 1 saturated heterocycles. The topological polar surface area (TPSA) is 43.8 Å². The molecular formula is C25H30F2N2O2. The molecule has 2 aliphatic rings. The van der Waals surface area contributed by atoms with Crippen LogP contribution in [0.15, 0.2) is 42.5 Å². The first-order valence-corrected chi connectivity index (χ1v) is 11.2. The van der Waals surface area contributed by atoms with Crippen molar-refractivity contribution >= 4 is 11.6 Å². The minimum absolute atomic E-state index is 0.00993. The number of fused-ring (bicyclic) bond motifs is 1. The molecule has 1 unspecified atom stereocenters. The van der Waals surface area contributed by atoms with E-state index in [1.807, 2.05) is 0 Å². The van der Waals surface area contributed by atoms with E-state index in [0.717, 1.165) is 49.9 Å². The van der Waals surface area contributed by atoms with E-state index in [9.17, 15) is 13.6 Å². The average Bonchev–Trinajstić information content (AvgIpc) is 2.95. The quantitative estimate of drug-likeness (QED) is 0.772. The molecule has 4 nitrogen and oxygen atoms in total. The van der Waals surface area contributed by atoms with Gasteiger partial charge in [0.1, 0.15) is 11.6 Å². The minimum atomic E-state index is -0.353. The van der Waals surface area contributed by atoms with Crippen molar-refractivity contribution in [1.29, 1.82) is 0 Å². The molecule has 1 fully saturated rings. The molecule has 166 valence electrons. The first-order valence-electron chi connectivity index (χ1n) is 11.2. The number of anilines is 1. The van der Waals surface area contributed by atoms with Crippen molar-refractivity contribution < 1.29 is 18.7 Å². The highest BCUT2D eigenvalue weighted by Gasteiger charge is 2.30. The number of aliphatic hydroxyl groups excluding tert-OH is 1. The van der Waals surface area contributed by atoms with Crippen molar-refractivity contribution in [2.24, 2.45) is 5.92 Å². The maximum atomic E-state index is 14.2. The Morgan fingerprint density at radius 3 is 2.39 bits per heavy atom. The lowest BCUT2D eigenvalue weighted by Gasteiger charge is -2.32. The second-order valence-corrected chi connectivity index (χ2v) is 8.71. The van der Waals surface area contributed by atoms with Crippen LogP contribution in [-0.4, -0.2) is 48.7 Å². The van der Waals surface area contributed by atoms with Crippen LogP contribution in [0, 0.1) is 17.6 Å². The van der Waals surface area contributed by atoms with Crippen LogP contribution >= 0.6 is 0 Å². The average molecular weight is 429 g/mol. The van der Waals surface area contributed by atoms with Gasteiger partial charge in [-0.25, -0.2) is 8.78 Å². The zero-order valence-corrected chi connectivity index (χ0v) is 17.8. The molecule has 31 heavy (non-hydrogen) atoms. The molecule has 0 bridgehead atoms. The summed E-state index contributed by atoms with van der Waals surface area (Å²) in [5, 5.41) is 9.11. The van der Waals surface area contributed by atoms with E-state index in [2.05, 4.69) is 4.90 Å². The number of benzene rings is 2. The number of aliphatic hydroxyl groups is 1. The van der Waals surface area contributed by atoms with Crippen LogP contribution in [0.5, 0.6) is 0 Å². The number of hydrogen-bond acceptors (Lipinski definition) is 3. The standard InChI is InChI=1S/C25H30F2N2O2/c26-20-5-3-19(4-6-20)22-2-1-11-29(24-17-21(27)7-8-23(22)24)25(31)16-18-9-12-28(13-10-18)14-15-30/h3-8,17-18,22,30H,1-2,9-16H2. The fourth-order valence-corrected chi connectivity index (χ4v) is 4.99. The van der Waals surface area contributed by atoms with Crippen molar-refractivity contribution in [3.63, 3.8) is 0 Å². The number of nitrogens with zero attached hydrogens (tertiary/aromatic N) is 2. The van der Waals surface area contributed by atoms with E-state index in [1.54, 1.807) is 23.1 Å². The molecule has 2 aromatic carbocycles. The molecular weight excluding hydrogens is 398 g/mol. The van der Waals surface area contributed by atoms with Gasteiger partial charge in [0.15, 0.2) is 0 Å². The fourth-order valence-electron chi connectivity index (χ4n) is 4.99. The third-order valence-corrected chi connectivity index (χ3v) is 6.69. The fraction of sp³-hybridized carbons (Fsp3) is 0.480. The molecule has 0 saturated carbocycles. The Morgan fingerprint density at radius 1 is 0.968 bits per heavy atom. The second-order valence-electron chi connectivity index (χ2n) is 8.71. The van der Waals surface area contributed by atoms with Gasteiger partial charge >= 0.3 is 0 Å². The van der Waals surface area contributed by atoms with Crippen molar-refractivity contribution in [3.8, 4) is 0 Å².